The normalized spacial score (nSPS) is 13.0. The Bertz CT molecular complexity index is 786. The molecule has 20 heavy (non-hydrogen) atoms. The molecule has 0 saturated heterocycles. The molecule has 0 spiro atoms. The smallest absolute Gasteiger partial charge is 0.203 e. The van der Waals surface area contributed by atoms with Crippen LogP contribution in [0.4, 0.5) is 5.95 Å². The van der Waals surface area contributed by atoms with Crippen molar-refractivity contribution in [3.05, 3.63) is 33.4 Å². The summed E-state index contributed by atoms with van der Waals surface area (Å²) < 4.78 is 1.99. The molecule has 2 N–H and O–H groups in total. The first-order chi connectivity index (χ1) is 9.47. The minimum absolute atomic E-state index is 0.0838. The molecule has 0 saturated carbocycles. The van der Waals surface area contributed by atoms with Gasteiger partial charge in [0.2, 0.25) is 5.95 Å². The number of nitrogen functional groups attached to an aromatic ring is 1. The van der Waals surface area contributed by atoms with E-state index in [0.29, 0.717) is 5.95 Å². The lowest BCUT2D eigenvalue weighted by Crippen LogP contribution is -2.10. The van der Waals surface area contributed by atoms with Crippen molar-refractivity contribution >= 4 is 28.4 Å². The van der Waals surface area contributed by atoms with Crippen molar-refractivity contribution < 1.29 is 0 Å². The van der Waals surface area contributed by atoms with E-state index in [-0.39, 0.29) is 6.04 Å². The largest absolute Gasteiger partial charge is 0.369 e. The molecule has 6 heteroatoms. The summed E-state index contributed by atoms with van der Waals surface area (Å²) in [6, 6.07) is 3.99. The maximum Gasteiger partial charge on any atom is 0.203 e. The summed E-state index contributed by atoms with van der Waals surface area (Å²) in [4.78, 5) is 14.7. The number of nitrogens with zero attached hydrogens (tertiary/aromatic N) is 4. The van der Waals surface area contributed by atoms with Crippen LogP contribution in [0.2, 0.25) is 0 Å². The van der Waals surface area contributed by atoms with E-state index in [1.165, 1.54) is 4.88 Å². The van der Waals surface area contributed by atoms with Crippen molar-refractivity contribution in [2.45, 2.75) is 33.7 Å². The van der Waals surface area contributed by atoms with Crippen molar-refractivity contribution in [1.82, 2.24) is 19.5 Å². The Balaban J connectivity index is 2.20. The molecule has 5 nitrogen and oxygen atoms in total. The molecule has 3 rings (SSSR count). The lowest BCUT2D eigenvalue weighted by atomic mass is 10.2. The molecule has 0 bridgehead atoms. The number of pyridine rings is 1. The molecule has 3 heterocycles. The number of hydrogen-bond acceptors (Lipinski definition) is 5. The predicted molar refractivity (Wildman–Crippen MR) is 82.1 cm³/mol. The molecule has 0 aromatic carbocycles. The first kappa shape index (κ1) is 13.1. The van der Waals surface area contributed by atoms with E-state index in [1.807, 2.05) is 37.5 Å². The molecule has 0 fully saturated rings. The number of imidazole rings is 1. The van der Waals surface area contributed by atoms with E-state index in [0.717, 1.165) is 27.6 Å². The molecule has 1 atom stereocenters. The van der Waals surface area contributed by atoms with Crippen molar-refractivity contribution in [1.29, 1.82) is 0 Å². The van der Waals surface area contributed by atoms with E-state index in [2.05, 4.69) is 21.9 Å². The van der Waals surface area contributed by atoms with Gasteiger partial charge in [-0.2, -0.15) is 0 Å². The Hall–Kier alpha value is -1.95. The Labute approximate surface area is 121 Å². The van der Waals surface area contributed by atoms with Gasteiger partial charge in [-0.25, -0.2) is 15.0 Å². The molecule has 104 valence electrons. The summed E-state index contributed by atoms with van der Waals surface area (Å²) in [5, 5.41) is 1.07. The van der Waals surface area contributed by atoms with Crippen LogP contribution in [0.1, 0.15) is 34.2 Å². The Morgan fingerprint density at radius 3 is 2.55 bits per heavy atom. The van der Waals surface area contributed by atoms with Crippen molar-refractivity contribution in [3.63, 3.8) is 0 Å². The molecular weight excluding hydrogens is 270 g/mol. The van der Waals surface area contributed by atoms with Gasteiger partial charge < -0.3 is 5.73 Å². The third kappa shape index (κ3) is 1.96. The van der Waals surface area contributed by atoms with Crippen LogP contribution < -0.4 is 5.73 Å². The van der Waals surface area contributed by atoms with Crippen LogP contribution in [0.3, 0.4) is 0 Å². The molecular formula is C14H17N5S. The van der Waals surface area contributed by atoms with Gasteiger partial charge in [0.05, 0.1) is 21.6 Å². The number of rotatable bonds is 2. The first-order valence-electron chi connectivity index (χ1n) is 6.52. The van der Waals surface area contributed by atoms with Gasteiger partial charge in [0.25, 0.3) is 0 Å². The highest BCUT2D eigenvalue weighted by atomic mass is 32.1. The zero-order valence-electron chi connectivity index (χ0n) is 12.0. The van der Waals surface area contributed by atoms with Gasteiger partial charge in [0.1, 0.15) is 5.52 Å². The Morgan fingerprint density at radius 2 is 1.90 bits per heavy atom. The number of nitrogens with two attached hydrogens (primary N) is 1. The van der Waals surface area contributed by atoms with Gasteiger partial charge in [0, 0.05) is 5.69 Å². The van der Waals surface area contributed by atoms with Gasteiger partial charge in [-0.15, -0.1) is 11.3 Å². The third-order valence-electron chi connectivity index (χ3n) is 3.41. The summed E-state index contributed by atoms with van der Waals surface area (Å²) in [5.41, 5.74) is 9.77. The van der Waals surface area contributed by atoms with E-state index < -0.39 is 0 Å². The van der Waals surface area contributed by atoms with Crippen molar-refractivity contribution in [2.75, 3.05) is 5.73 Å². The highest BCUT2D eigenvalue weighted by Crippen LogP contribution is 2.31. The second kappa shape index (κ2) is 4.56. The van der Waals surface area contributed by atoms with E-state index in [4.69, 9.17) is 5.73 Å². The maximum absolute atomic E-state index is 6.09. The Kier molecular flexibility index (Phi) is 2.97. The number of aromatic nitrogens is 4. The first-order valence-corrected chi connectivity index (χ1v) is 7.34. The molecule has 0 aliphatic rings. The minimum Gasteiger partial charge on any atom is -0.369 e. The van der Waals surface area contributed by atoms with Crippen molar-refractivity contribution in [2.24, 2.45) is 0 Å². The quantitative estimate of drug-likeness (QED) is 0.786. The average Bonchev–Trinajstić information content (AvgIpc) is 2.87. The van der Waals surface area contributed by atoms with Gasteiger partial charge in [0.15, 0.2) is 5.65 Å². The van der Waals surface area contributed by atoms with Crippen molar-refractivity contribution in [3.8, 4) is 0 Å². The van der Waals surface area contributed by atoms with Gasteiger partial charge in [-0.05, 0) is 39.8 Å². The van der Waals surface area contributed by atoms with E-state index >= 15 is 0 Å². The van der Waals surface area contributed by atoms with Crippen LogP contribution >= 0.6 is 11.3 Å². The maximum atomic E-state index is 6.09. The fraction of sp³-hybridized carbons (Fsp3) is 0.357. The number of thiazole rings is 1. The summed E-state index contributed by atoms with van der Waals surface area (Å²) >= 11 is 1.70. The zero-order valence-corrected chi connectivity index (χ0v) is 12.8. The monoisotopic (exact) mass is 287 g/mol. The topological polar surface area (TPSA) is 69.6 Å². The second-order valence-corrected chi connectivity index (χ2v) is 6.23. The zero-order chi connectivity index (χ0) is 14.4. The molecule has 1 unspecified atom stereocenters. The standard InChI is InChI=1S/C14H17N5S/c1-7-5-6-11-13(16-7)19(14(15)18-11)9(3)12-8(2)17-10(4)20-12/h5-6,9H,1-4H3,(H2,15,18). The summed E-state index contributed by atoms with van der Waals surface area (Å²) in [5.74, 6) is 0.496. The number of anilines is 1. The van der Waals surface area contributed by atoms with Crippen LogP contribution in [-0.2, 0) is 0 Å². The molecule has 3 aromatic heterocycles. The number of fused-ring (bicyclic) bond motifs is 1. The van der Waals surface area contributed by atoms with Gasteiger partial charge in [-0.3, -0.25) is 4.57 Å². The summed E-state index contributed by atoms with van der Waals surface area (Å²) in [7, 11) is 0. The average molecular weight is 287 g/mol. The summed E-state index contributed by atoms with van der Waals surface area (Å²) in [6.07, 6.45) is 0. The highest BCUT2D eigenvalue weighted by Gasteiger charge is 2.20. The van der Waals surface area contributed by atoms with Crippen LogP contribution in [0.5, 0.6) is 0 Å². The SMILES string of the molecule is Cc1ccc2nc(N)n(C(C)c3sc(C)nc3C)c2n1. The number of hydrogen-bond donors (Lipinski definition) is 1. The van der Waals surface area contributed by atoms with Crippen LogP contribution in [0.15, 0.2) is 12.1 Å². The molecule has 0 aliphatic carbocycles. The van der Waals surface area contributed by atoms with Crippen LogP contribution in [-0.4, -0.2) is 19.5 Å². The second-order valence-electron chi connectivity index (χ2n) is 4.99. The predicted octanol–water partition coefficient (Wildman–Crippen LogP) is 3.00. The Morgan fingerprint density at radius 1 is 1.15 bits per heavy atom. The molecule has 0 radical (unpaired) electrons. The molecule has 0 aliphatic heterocycles. The highest BCUT2D eigenvalue weighted by molar-refractivity contribution is 7.11. The van der Waals surface area contributed by atoms with E-state index in [1.54, 1.807) is 11.3 Å². The minimum atomic E-state index is 0.0838. The fourth-order valence-electron chi connectivity index (χ4n) is 2.52. The summed E-state index contributed by atoms with van der Waals surface area (Å²) in [6.45, 7) is 8.14. The fourth-order valence-corrected chi connectivity index (χ4v) is 3.49. The lowest BCUT2D eigenvalue weighted by Gasteiger charge is -2.14. The van der Waals surface area contributed by atoms with E-state index in [9.17, 15) is 0 Å². The lowest BCUT2D eigenvalue weighted by molar-refractivity contribution is 0.668. The van der Waals surface area contributed by atoms with Crippen LogP contribution in [0, 0.1) is 20.8 Å². The van der Waals surface area contributed by atoms with Crippen LogP contribution in [0.25, 0.3) is 11.2 Å². The van der Waals surface area contributed by atoms with Gasteiger partial charge in [-0.1, -0.05) is 0 Å². The third-order valence-corrected chi connectivity index (χ3v) is 4.65. The van der Waals surface area contributed by atoms with Gasteiger partial charge >= 0.3 is 0 Å². The number of aryl methyl sites for hydroxylation is 3. The molecule has 3 aromatic rings. The molecule has 0 amide bonds.